The highest BCUT2D eigenvalue weighted by Gasteiger charge is 2.24. The van der Waals surface area contributed by atoms with Crippen LogP contribution in [0.3, 0.4) is 0 Å². The maximum Gasteiger partial charge on any atom is 0.153 e. The number of rotatable bonds is 4. The van der Waals surface area contributed by atoms with Gasteiger partial charge in [0, 0.05) is 12.6 Å². The van der Waals surface area contributed by atoms with E-state index in [2.05, 4.69) is 31.6 Å². The van der Waals surface area contributed by atoms with Crippen molar-refractivity contribution < 1.29 is 4.39 Å². The maximum absolute atomic E-state index is 14.2. The SMILES string of the molecule is CCNC(c1cccc(Cl)c1F)c1c(Br)nnn1C. The molecular weight excluding hydrogens is 335 g/mol. The Bertz CT molecular complexity index is 568. The van der Waals surface area contributed by atoms with E-state index >= 15 is 0 Å². The summed E-state index contributed by atoms with van der Waals surface area (Å²) in [5.41, 5.74) is 1.23. The Labute approximate surface area is 124 Å². The molecule has 1 aromatic carbocycles. The molecule has 102 valence electrons. The number of halogens is 3. The van der Waals surface area contributed by atoms with Gasteiger partial charge in [-0.15, -0.1) is 5.10 Å². The molecule has 19 heavy (non-hydrogen) atoms. The van der Waals surface area contributed by atoms with Crippen LogP contribution in [0.4, 0.5) is 4.39 Å². The summed E-state index contributed by atoms with van der Waals surface area (Å²) in [5, 5.41) is 11.2. The van der Waals surface area contributed by atoms with Gasteiger partial charge in [-0.2, -0.15) is 0 Å². The molecular formula is C12H13BrClFN4. The van der Waals surface area contributed by atoms with Gasteiger partial charge in [-0.3, -0.25) is 0 Å². The van der Waals surface area contributed by atoms with Gasteiger partial charge in [-0.1, -0.05) is 35.9 Å². The van der Waals surface area contributed by atoms with E-state index in [1.165, 1.54) is 6.07 Å². The van der Waals surface area contributed by atoms with Gasteiger partial charge in [-0.05, 0) is 28.5 Å². The fourth-order valence-corrected chi connectivity index (χ4v) is 2.68. The van der Waals surface area contributed by atoms with E-state index in [1.807, 2.05) is 6.92 Å². The highest BCUT2D eigenvalue weighted by Crippen LogP contribution is 2.30. The molecule has 0 amide bonds. The third-order valence-electron chi connectivity index (χ3n) is 2.80. The van der Waals surface area contributed by atoms with Crippen LogP contribution in [0.5, 0.6) is 0 Å². The van der Waals surface area contributed by atoms with Crippen molar-refractivity contribution >= 4 is 27.5 Å². The van der Waals surface area contributed by atoms with Crippen LogP contribution in [0.25, 0.3) is 0 Å². The smallest absolute Gasteiger partial charge is 0.153 e. The third kappa shape index (κ3) is 2.80. The predicted octanol–water partition coefficient (Wildman–Crippen LogP) is 3.07. The first-order valence-electron chi connectivity index (χ1n) is 5.78. The third-order valence-corrected chi connectivity index (χ3v) is 3.66. The van der Waals surface area contributed by atoms with E-state index in [4.69, 9.17) is 11.6 Å². The number of aromatic nitrogens is 3. The van der Waals surface area contributed by atoms with E-state index in [1.54, 1.807) is 23.9 Å². The van der Waals surface area contributed by atoms with Crippen LogP contribution in [-0.2, 0) is 7.05 Å². The van der Waals surface area contributed by atoms with E-state index in [-0.39, 0.29) is 11.1 Å². The maximum atomic E-state index is 14.2. The van der Waals surface area contributed by atoms with Gasteiger partial charge in [0.15, 0.2) is 4.60 Å². The normalized spacial score (nSPS) is 12.7. The second-order valence-electron chi connectivity index (χ2n) is 4.02. The Morgan fingerprint density at radius 3 is 2.84 bits per heavy atom. The van der Waals surface area contributed by atoms with Crippen molar-refractivity contribution in [3.63, 3.8) is 0 Å². The van der Waals surface area contributed by atoms with E-state index in [9.17, 15) is 4.39 Å². The van der Waals surface area contributed by atoms with Gasteiger partial charge >= 0.3 is 0 Å². The van der Waals surface area contributed by atoms with Crippen LogP contribution >= 0.6 is 27.5 Å². The summed E-state index contributed by atoms with van der Waals surface area (Å²) in [6.45, 7) is 2.63. The summed E-state index contributed by atoms with van der Waals surface area (Å²) in [5.74, 6) is -0.428. The summed E-state index contributed by atoms with van der Waals surface area (Å²) >= 11 is 9.18. The Morgan fingerprint density at radius 1 is 1.53 bits per heavy atom. The molecule has 1 atom stereocenters. The molecule has 0 aliphatic rings. The summed E-state index contributed by atoms with van der Waals surface area (Å²) in [7, 11) is 1.76. The Kier molecular flexibility index (Phi) is 4.54. The van der Waals surface area contributed by atoms with E-state index in [0.717, 1.165) is 5.69 Å². The molecule has 0 saturated heterocycles. The lowest BCUT2D eigenvalue weighted by Crippen LogP contribution is -2.25. The highest BCUT2D eigenvalue weighted by molar-refractivity contribution is 9.10. The first kappa shape index (κ1) is 14.4. The lowest BCUT2D eigenvalue weighted by atomic mass is 10.0. The molecule has 7 heteroatoms. The van der Waals surface area contributed by atoms with Gasteiger partial charge < -0.3 is 5.32 Å². The van der Waals surface area contributed by atoms with Gasteiger partial charge in [0.25, 0.3) is 0 Å². The number of aryl methyl sites for hydroxylation is 1. The average Bonchev–Trinajstić information content (AvgIpc) is 2.70. The monoisotopic (exact) mass is 346 g/mol. The molecule has 0 saturated carbocycles. The standard InChI is InChI=1S/C12H13BrClFN4/c1-3-16-10(11-12(13)17-18-19(11)2)7-5-4-6-8(14)9(7)15/h4-6,10,16H,3H2,1-2H3. The molecule has 1 aromatic heterocycles. The minimum absolute atomic E-state index is 0.103. The van der Waals surface area contributed by atoms with Gasteiger partial charge in [0.2, 0.25) is 0 Å². The molecule has 0 radical (unpaired) electrons. The van der Waals surface area contributed by atoms with Crippen molar-refractivity contribution in [2.45, 2.75) is 13.0 Å². The molecule has 4 nitrogen and oxygen atoms in total. The lowest BCUT2D eigenvalue weighted by molar-refractivity contribution is 0.529. The quantitative estimate of drug-likeness (QED) is 0.924. The van der Waals surface area contributed by atoms with Crippen LogP contribution in [0.1, 0.15) is 24.2 Å². The van der Waals surface area contributed by atoms with Crippen LogP contribution in [0, 0.1) is 5.82 Å². The zero-order valence-electron chi connectivity index (χ0n) is 10.5. The van der Waals surface area contributed by atoms with Crippen LogP contribution < -0.4 is 5.32 Å². The number of nitrogens with zero attached hydrogens (tertiary/aromatic N) is 3. The van der Waals surface area contributed by atoms with Crippen molar-refractivity contribution in [2.24, 2.45) is 7.05 Å². The zero-order valence-corrected chi connectivity index (χ0v) is 12.8. The molecule has 0 spiro atoms. The van der Waals surface area contributed by atoms with Gasteiger partial charge in [-0.25, -0.2) is 9.07 Å². The zero-order chi connectivity index (χ0) is 14.0. The largest absolute Gasteiger partial charge is 0.305 e. The minimum atomic E-state index is -0.428. The molecule has 2 aromatic rings. The average molecular weight is 348 g/mol. The molecule has 0 aliphatic carbocycles. The first-order chi connectivity index (χ1) is 9.06. The Morgan fingerprint density at radius 2 is 2.26 bits per heavy atom. The molecule has 0 bridgehead atoms. The number of benzene rings is 1. The van der Waals surface area contributed by atoms with Crippen molar-refractivity contribution in [1.82, 2.24) is 20.3 Å². The molecule has 0 fully saturated rings. The topological polar surface area (TPSA) is 42.7 Å². The van der Waals surface area contributed by atoms with Crippen molar-refractivity contribution in [2.75, 3.05) is 6.54 Å². The van der Waals surface area contributed by atoms with Crippen molar-refractivity contribution in [1.29, 1.82) is 0 Å². The van der Waals surface area contributed by atoms with Crippen LogP contribution in [0.2, 0.25) is 5.02 Å². The van der Waals surface area contributed by atoms with Crippen LogP contribution in [-0.4, -0.2) is 21.5 Å². The Hall–Kier alpha value is -0.980. The molecule has 2 rings (SSSR count). The number of hydrogen-bond donors (Lipinski definition) is 1. The lowest BCUT2D eigenvalue weighted by Gasteiger charge is -2.19. The Balaban J connectivity index is 2.55. The van der Waals surface area contributed by atoms with Crippen LogP contribution in [0.15, 0.2) is 22.8 Å². The van der Waals surface area contributed by atoms with Crippen molar-refractivity contribution in [3.05, 3.63) is 44.9 Å². The second-order valence-corrected chi connectivity index (χ2v) is 5.18. The molecule has 1 heterocycles. The van der Waals surface area contributed by atoms with Gasteiger partial charge in [0.1, 0.15) is 5.82 Å². The van der Waals surface area contributed by atoms with E-state index in [0.29, 0.717) is 16.7 Å². The summed E-state index contributed by atoms with van der Waals surface area (Å²) in [6.07, 6.45) is 0. The first-order valence-corrected chi connectivity index (χ1v) is 6.95. The number of hydrogen-bond acceptors (Lipinski definition) is 3. The van der Waals surface area contributed by atoms with Gasteiger partial charge in [0.05, 0.1) is 16.8 Å². The summed E-state index contributed by atoms with van der Waals surface area (Å²) < 4.78 is 16.4. The summed E-state index contributed by atoms with van der Waals surface area (Å²) in [4.78, 5) is 0. The van der Waals surface area contributed by atoms with E-state index < -0.39 is 5.82 Å². The van der Waals surface area contributed by atoms with Crippen molar-refractivity contribution in [3.8, 4) is 0 Å². The predicted molar refractivity (Wildman–Crippen MR) is 75.6 cm³/mol. The molecule has 0 aliphatic heterocycles. The molecule has 1 N–H and O–H groups in total. The fourth-order valence-electron chi connectivity index (χ4n) is 1.95. The highest BCUT2D eigenvalue weighted by atomic mass is 79.9. The second kappa shape index (κ2) is 5.98. The summed E-state index contributed by atoms with van der Waals surface area (Å²) in [6, 6.07) is 4.59. The molecule has 1 unspecified atom stereocenters. The minimum Gasteiger partial charge on any atom is -0.305 e. The fraction of sp³-hybridized carbons (Fsp3) is 0.333. The number of nitrogens with one attached hydrogen (secondary N) is 1.